The predicted octanol–water partition coefficient (Wildman–Crippen LogP) is 9.45. The zero-order valence-corrected chi connectivity index (χ0v) is 38.7. The van der Waals surface area contributed by atoms with Crippen LogP contribution in [-0.4, -0.2) is 59.8 Å². The van der Waals surface area contributed by atoms with E-state index in [1.807, 2.05) is 50.2 Å². The first-order valence-electron chi connectivity index (χ1n) is 19.6. The molecule has 320 valence electrons. The smallest absolute Gasteiger partial charge is 0.334 e. The van der Waals surface area contributed by atoms with Gasteiger partial charge in [0.25, 0.3) is 0 Å². The van der Waals surface area contributed by atoms with Crippen molar-refractivity contribution < 1.29 is 44.3 Å². The van der Waals surface area contributed by atoms with Gasteiger partial charge in [-0.15, -0.1) is 0 Å². The predicted molar refractivity (Wildman–Crippen MR) is 239 cm³/mol. The van der Waals surface area contributed by atoms with Gasteiger partial charge in [-0.25, -0.2) is 4.31 Å². The van der Waals surface area contributed by atoms with E-state index < -0.39 is 48.0 Å². The molecule has 0 fully saturated rings. The Morgan fingerprint density at radius 1 is 0.466 bits per heavy atom. The topological polar surface area (TPSA) is 171 Å². The van der Waals surface area contributed by atoms with Gasteiger partial charge in [0.15, 0.2) is 0 Å². The second kappa shape index (κ2) is 18.6. The summed E-state index contributed by atoms with van der Waals surface area (Å²) in [6, 6.07) is 25.2. The summed E-state index contributed by atoms with van der Waals surface area (Å²) in [5, 5.41) is 47.8. The van der Waals surface area contributed by atoms with E-state index in [2.05, 4.69) is 124 Å². The largest absolute Gasteiger partial charge is 0.395 e. The minimum atomic E-state index is -2.61. The van der Waals surface area contributed by atoms with Gasteiger partial charge in [-0.05, 0) is 102 Å². The average Bonchev–Trinajstić information content (AvgIpc) is 3.10. The van der Waals surface area contributed by atoms with E-state index in [4.69, 9.17) is 19.6 Å². The first kappa shape index (κ1) is 49.7. The highest BCUT2D eigenvalue weighted by atomic mass is 31.2. The summed E-state index contributed by atoms with van der Waals surface area (Å²) in [7, 11) is -5.22. The van der Waals surface area contributed by atoms with Gasteiger partial charge in [-0.1, -0.05) is 156 Å². The van der Waals surface area contributed by atoms with Crippen LogP contribution in [0.1, 0.15) is 128 Å². The molecule has 4 rings (SSSR count). The van der Waals surface area contributed by atoms with E-state index in [0.717, 1.165) is 44.5 Å². The van der Waals surface area contributed by atoms with Crippen molar-refractivity contribution in [2.24, 2.45) is 5.41 Å². The maximum Gasteiger partial charge on any atom is 0.334 e. The Morgan fingerprint density at radius 3 is 1.03 bits per heavy atom. The molecule has 8 N–H and O–H groups in total. The maximum absolute atomic E-state index is 14.0. The van der Waals surface area contributed by atoms with Crippen molar-refractivity contribution in [2.45, 2.75) is 124 Å². The molecule has 0 saturated carbocycles. The second-order valence-electron chi connectivity index (χ2n) is 19.6. The van der Waals surface area contributed by atoms with Crippen LogP contribution in [0, 0.1) is 19.3 Å². The van der Waals surface area contributed by atoms with Crippen LogP contribution in [0.2, 0.25) is 0 Å². The number of aliphatic hydroxyl groups excluding tert-OH is 3. The molecule has 4 aromatic carbocycles. The molecule has 0 unspecified atom stereocenters. The minimum absolute atomic E-state index is 0.0716. The molecule has 0 amide bonds. The minimum Gasteiger partial charge on any atom is -0.395 e. The number of benzene rings is 4. The SMILES string of the molecule is Cc1cccc(-c2ccc(C(C)(C)C)cc2C(C)(C)C)c1C(O)(c1c(C)cccc1-c1ccc(C(C)(C)C)cc1C(C)(C)C)C(CO)(CO)CO.OP(O)OP(O)O. The van der Waals surface area contributed by atoms with Gasteiger partial charge in [0, 0.05) is 0 Å². The lowest BCUT2D eigenvalue weighted by Crippen LogP contribution is -2.55. The summed E-state index contributed by atoms with van der Waals surface area (Å²) < 4.78 is 3.60. The highest BCUT2D eigenvalue weighted by Gasteiger charge is 2.55. The molecule has 0 aliphatic rings. The highest BCUT2D eigenvalue weighted by molar-refractivity contribution is 7.53. The molecule has 4 aromatic rings. The lowest BCUT2D eigenvalue weighted by molar-refractivity contribution is -0.136. The Hall–Kier alpha value is -2.62. The molecule has 0 bridgehead atoms. The van der Waals surface area contributed by atoms with E-state index >= 15 is 0 Å². The van der Waals surface area contributed by atoms with E-state index in [0.29, 0.717) is 11.1 Å². The molecule has 0 spiro atoms. The van der Waals surface area contributed by atoms with Crippen LogP contribution in [0.4, 0.5) is 0 Å². The normalized spacial score (nSPS) is 13.2. The number of hydrogen-bond acceptors (Lipinski definition) is 9. The molecule has 0 saturated heterocycles. The van der Waals surface area contributed by atoms with Gasteiger partial charge in [-0.2, -0.15) is 0 Å². The van der Waals surface area contributed by atoms with Gasteiger partial charge in [0.1, 0.15) is 5.60 Å². The van der Waals surface area contributed by atoms with Crippen LogP contribution >= 0.6 is 17.2 Å². The Bertz CT molecular complexity index is 1870. The van der Waals surface area contributed by atoms with Crippen LogP contribution < -0.4 is 0 Å². The van der Waals surface area contributed by atoms with Crippen molar-refractivity contribution in [1.29, 1.82) is 0 Å². The van der Waals surface area contributed by atoms with Crippen molar-refractivity contribution in [2.75, 3.05) is 19.8 Å². The Labute approximate surface area is 349 Å². The Morgan fingerprint density at radius 2 is 0.793 bits per heavy atom. The third-order valence-corrected chi connectivity index (χ3v) is 12.2. The fourth-order valence-electron chi connectivity index (χ4n) is 7.69. The zero-order valence-electron chi connectivity index (χ0n) is 36.9. The third-order valence-electron chi connectivity index (χ3n) is 11.1. The number of aliphatic hydroxyl groups is 4. The molecule has 0 heterocycles. The maximum atomic E-state index is 14.0. The van der Waals surface area contributed by atoms with Gasteiger partial charge < -0.3 is 40.0 Å². The molecule has 11 heteroatoms. The van der Waals surface area contributed by atoms with Crippen molar-refractivity contribution >= 4 is 17.2 Å². The Kier molecular flexibility index (Phi) is 15.9. The summed E-state index contributed by atoms with van der Waals surface area (Å²) in [6.45, 7) is 28.5. The molecule has 0 aliphatic heterocycles. The summed E-state index contributed by atoms with van der Waals surface area (Å²) in [5.74, 6) is 0. The number of hydrogen-bond donors (Lipinski definition) is 8. The monoisotopic (exact) mass is 838 g/mol. The average molecular weight is 839 g/mol. The fraction of sp³-hybridized carbons (Fsp3) is 0.489. The Balaban J connectivity index is 0.00000117. The standard InChI is InChI=1S/C47H64O4.H4O5P2/c1-30-17-15-19-36(34-23-21-32(42(3,4)5)25-38(34)44(9,10)11)40(30)47(51,46(27-48,28-49)29-50)41-31(2)18-16-20-37(41)35-24-22-33(43(6,7)8)26-39(35)45(12,13)14;1-6(2)5-7(3)4/h15-26,48-51H,27-29H2,1-14H3;1-4H. The van der Waals surface area contributed by atoms with Gasteiger partial charge in [-0.3, -0.25) is 0 Å². The molecule has 9 nitrogen and oxygen atoms in total. The molecule has 0 aliphatic carbocycles. The summed E-state index contributed by atoms with van der Waals surface area (Å²) in [6.07, 6.45) is 0. The van der Waals surface area contributed by atoms with Crippen LogP contribution in [0.3, 0.4) is 0 Å². The highest BCUT2D eigenvalue weighted by Crippen LogP contribution is 2.54. The molecular weight excluding hydrogens is 770 g/mol. The summed E-state index contributed by atoms with van der Waals surface area (Å²) in [5.41, 5.74) is 6.51. The summed E-state index contributed by atoms with van der Waals surface area (Å²) >= 11 is 0. The number of aryl methyl sites for hydroxylation is 2. The van der Waals surface area contributed by atoms with Crippen LogP contribution in [0.5, 0.6) is 0 Å². The second-order valence-corrected chi connectivity index (χ2v) is 21.2. The van der Waals surface area contributed by atoms with Gasteiger partial charge in [0.05, 0.1) is 25.2 Å². The lowest BCUT2D eigenvalue weighted by Gasteiger charge is -2.48. The molecule has 0 radical (unpaired) electrons. The number of rotatable bonds is 10. The van der Waals surface area contributed by atoms with Crippen LogP contribution in [0.25, 0.3) is 22.3 Å². The molecule has 0 aromatic heterocycles. The van der Waals surface area contributed by atoms with Crippen molar-refractivity contribution in [3.05, 3.63) is 117 Å². The molecular formula is C47H68O9P2. The van der Waals surface area contributed by atoms with E-state index in [1.165, 1.54) is 11.1 Å². The van der Waals surface area contributed by atoms with Gasteiger partial charge in [0.2, 0.25) is 0 Å². The first-order valence-corrected chi connectivity index (χ1v) is 21.9. The van der Waals surface area contributed by atoms with E-state index in [1.54, 1.807) is 0 Å². The van der Waals surface area contributed by atoms with Crippen LogP contribution in [-0.2, 0) is 31.6 Å². The van der Waals surface area contributed by atoms with E-state index in [-0.39, 0.29) is 21.7 Å². The van der Waals surface area contributed by atoms with Crippen molar-refractivity contribution in [3.8, 4) is 22.3 Å². The van der Waals surface area contributed by atoms with Crippen molar-refractivity contribution in [3.63, 3.8) is 0 Å². The molecule has 58 heavy (non-hydrogen) atoms. The lowest BCUT2D eigenvalue weighted by atomic mass is 9.60. The van der Waals surface area contributed by atoms with Crippen molar-refractivity contribution in [1.82, 2.24) is 0 Å². The quantitative estimate of drug-likeness (QED) is 0.0725. The van der Waals surface area contributed by atoms with E-state index in [9.17, 15) is 20.4 Å². The third kappa shape index (κ3) is 10.6. The zero-order chi connectivity index (χ0) is 44.4. The first-order chi connectivity index (χ1) is 26.5. The fourth-order valence-corrected chi connectivity index (χ4v) is 8.21. The summed E-state index contributed by atoms with van der Waals surface area (Å²) in [4.78, 5) is 31.3. The van der Waals surface area contributed by atoms with Crippen LogP contribution in [0.15, 0.2) is 72.8 Å². The van der Waals surface area contributed by atoms with Gasteiger partial charge >= 0.3 is 17.2 Å². The molecule has 0 atom stereocenters.